The highest BCUT2D eigenvalue weighted by Crippen LogP contribution is 2.39. The number of nitrogens with one attached hydrogen (secondary N) is 2. The molecule has 0 saturated carbocycles. The van der Waals surface area contributed by atoms with Crippen molar-refractivity contribution in [3.63, 3.8) is 0 Å². The van der Waals surface area contributed by atoms with E-state index in [4.69, 9.17) is 9.16 Å². The molecule has 1 heterocycles. The predicted molar refractivity (Wildman–Crippen MR) is 127 cm³/mol. The maximum absolute atomic E-state index is 12.9. The molecule has 0 bridgehead atoms. The summed E-state index contributed by atoms with van der Waals surface area (Å²) in [5.74, 6) is -0.266. The Balaban J connectivity index is 2.03. The molecule has 7 nitrogen and oxygen atoms in total. The minimum absolute atomic E-state index is 0.0342. The van der Waals surface area contributed by atoms with Gasteiger partial charge in [0.15, 0.2) is 14.1 Å². The van der Waals surface area contributed by atoms with Crippen LogP contribution >= 0.6 is 0 Å². The molecule has 2 N–H and O–H groups in total. The molecule has 2 rings (SSSR count). The second kappa shape index (κ2) is 9.35. The topological polar surface area (TPSA) is 93.7 Å². The monoisotopic (exact) mass is 462 g/mol. The molecule has 8 heteroatoms. The first-order valence-electron chi connectivity index (χ1n) is 11.1. The average Bonchev–Trinajstić information content (AvgIpc) is 2.57. The van der Waals surface area contributed by atoms with Crippen molar-refractivity contribution in [3.8, 4) is 5.75 Å². The van der Waals surface area contributed by atoms with Crippen molar-refractivity contribution in [3.05, 3.63) is 29.8 Å². The lowest BCUT2D eigenvalue weighted by molar-refractivity contribution is -0.139. The summed E-state index contributed by atoms with van der Waals surface area (Å²) in [5, 5.41) is 5.60. The van der Waals surface area contributed by atoms with Crippen molar-refractivity contribution >= 4 is 26.1 Å². The van der Waals surface area contributed by atoms with Gasteiger partial charge in [-0.25, -0.2) is 4.79 Å². The second-order valence-electron chi connectivity index (χ2n) is 11.1. The smallest absolute Gasteiger partial charge is 0.413 e. The van der Waals surface area contributed by atoms with Crippen LogP contribution in [-0.4, -0.2) is 43.8 Å². The van der Waals surface area contributed by atoms with E-state index in [0.29, 0.717) is 11.3 Å². The Morgan fingerprint density at radius 1 is 1.16 bits per heavy atom. The number of amides is 2. The van der Waals surface area contributed by atoms with Crippen LogP contribution in [0.2, 0.25) is 18.1 Å². The molecule has 1 saturated heterocycles. The van der Waals surface area contributed by atoms with Gasteiger partial charge < -0.3 is 19.8 Å². The quantitative estimate of drug-likeness (QED) is 0.349. The number of ether oxygens (including phenoxy) is 1. The Kier molecular flexibility index (Phi) is 7.62. The fourth-order valence-corrected chi connectivity index (χ4v) is 4.81. The fraction of sp³-hybridized carbons (Fsp3) is 0.625. The highest BCUT2D eigenvalue weighted by Gasteiger charge is 2.47. The summed E-state index contributed by atoms with van der Waals surface area (Å²) >= 11 is 0. The maximum atomic E-state index is 12.9. The lowest BCUT2D eigenvalue weighted by Crippen LogP contribution is -2.64. The van der Waals surface area contributed by atoms with E-state index < -0.39 is 19.9 Å². The lowest BCUT2D eigenvalue weighted by atomic mass is 9.82. The van der Waals surface area contributed by atoms with E-state index in [1.54, 1.807) is 24.3 Å². The van der Waals surface area contributed by atoms with Gasteiger partial charge in [0, 0.05) is 17.5 Å². The molecule has 0 unspecified atom stereocenters. The number of carbonyl (C=O) groups excluding carboxylic acids is 3. The average molecular weight is 463 g/mol. The third-order valence-corrected chi connectivity index (χ3v) is 10.7. The zero-order valence-electron chi connectivity index (χ0n) is 20.8. The van der Waals surface area contributed by atoms with Gasteiger partial charge in [-0.1, -0.05) is 32.9 Å². The minimum Gasteiger partial charge on any atom is -0.413 e. The summed E-state index contributed by atoms with van der Waals surface area (Å²) in [6.07, 6.45) is -0.678. The zero-order valence-corrected chi connectivity index (χ0v) is 21.8. The van der Waals surface area contributed by atoms with E-state index in [1.165, 1.54) is 0 Å². The van der Waals surface area contributed by atoms with Crippen LogP contribution in [0.4, 0.5) is 4.79 Å². The number of ketones is 1. The fourth-order valence-electron chi connectivity index (χ4n) is 3.38. The summed E-state index contributed by atoms with van der Waals surface area (Å²) in [5.41, 5.74) is 0.00873. The summed E-state index contributed by atoms with van der Waals surface area (Å²) in [6.45, 7) is 18.3. The molecule has 0 spiro atoms. The first kappa shape index (κ1) is 26.1. The summed E-state index contributed by atoms with van der Waals surface area (Å²) in [7, 11) is -2.04. The summed E-state index contributed by atoms with van der Waals surface area (Å²) < 4.78 is 11.7. The molecular weight excluding hydrogens is 424 g/mol. The lowest BCUT2D eigenvalue weighted by Gasteiger charge is -2.45. The molecular formula is C24H38N2O5Si. The molecule has 0 radical (unpaired) electrons. The van der Waals surface area contributed by atoms with Gasteiger partial charge in [-0.15, -0.1) is 0 Å². The highest BCUT2D eigenvalue weighted by atomic mass is 28.4. The number of carbonyl (C=O) groups is 3. The second-order valence-corrected chi connectivity index (χ2v) is 15.9. The SMILES string of the molecule is C[C@@H](O[Si](C)(C)C(C)(C)C)[C@H]1C(=O)N[C@@H]1CC(=O)c1cccc(OC(=O)NC(C)(C)C)c1. The van der Waals surface area contributed by atoms with Crippen molar-refractivity contribution in [1.29, 1.82) is 0 Å². The molecule has 0 aliphatic carbocycles. The van der Waals surface area contributed by atoms with Crippen LogP contribution < -0.4 is 15.4 Å². The number of benzene rings is 1. The number of Topliss-reactive ketones (excluding diaryl/α,β-unsaturated/α-hetero) is 1. The molecule has 1 aromatic carbocycles. The third kappa shape index (κ3) is 6.65. The summed E-state index contributed by atoms with van der Waals surface area (Å²) in [4.78, 5) is 37.2. The Bertz CT molecular complexity index is 870. The van der Waals surface area contributed by atoms with E-state index in [1.807, 2.05) is 27.7 Å². The first-order valence-corrected chi connectivity index (χ1v) is 14.0. The van der Waals surface area contributed by atoms with Crippen LogP contribution in [0.25, 0.3) is 0 Å². The van der Waals surface area contributed by atoms with Gasteiger partial charge in [-0.05, 0) is 58.0 Å². The Morgan fingerprint density at radius 3 is 2.31 bits per heavy atom. The van der Waals surface area contributed by atoms with Crippen LogP contribution in [0.15, 0.2) is 24.3 Å². The number of hydrogen-bond donors (Lipinski definition) is 2. The van der Waals surface area contributed by atoms with Crippen molar-refractivity contribution in [1.82, 2.24) is 10.6 Å². The van der Waals surface area contributed by atoms with Crippen molar-refractivity contribution in [2.45, 2.75) is 90.7 Å². The van der Waals surface area contributed by atoms with E-state index in [0.717, 1.165) is 0 Å². The van der Waals surface area contributed by atoms with Crippen LogP contribution in [0.3, 0.4) is 0 Å². The van der Waals surface area contributed by atoms with Crippen LogP contribution in [0, 0.1) is 5.92 Å². The molecule has 178 valence electrons. The highest BCUT2D eigenvalue weighted by molar-refractivity contribution is 6.74. The normalized spacial score (nSPS) is 20.1. The van der Waals surface area contributed by atoms with E-state index in [2.05, 4.69) is 44.5 Å². The maximum Gasteiger partial charge on any atom is 0.413 e. The molecule has 1 fully saturated rings. The Morgan fingerprint density at radius 2 is 1.78 bits per heavy atom. The van der Waals surface area contributed by atoms with E-state index >= 15 is 0 Å². The van der Waals surface area contributed by atoms with Crippen molar-refractivity contribution < 1.29 is 23.5 Å². The standard InChI is InChI=1S/C24H38N2O5Si/c1-15(31-32(8,9)24(5,6)7)20-18(25-21(20)28)14-19(27)16-11-10-12-17(13-16)30-22(29)26-23(2,3)4/h10-13,15,18,20H,14H2,1-9H3,(H,25,28)(H,26,29)/t15-,18-,20-/m1/s1. The van der Waals surface area contributed by atoms with Gasteiger partial charge in [0.05, 0.1) is 18.1 Å². The van der Waals surface area contributed by atoms with Crippen molar-refractivity contribution in [2.24, 2.45) is 5.92 Å². The summed E-state index contributed by atoms with van der Waals surface area (Å²) in [6, 6.07) is 6.26. The molecule has 0 aromatic heterocycles. The van der Waals surface area contributed by atoms with Gasteiger partial charge in [0.1, 0.15) is 5.75 Å². The number of β-lactam (4-membered cyclic amide) rings is 1. The zero-order chi connectivity index (χ0) is 24.5. The molecule has 1 aromatic rings. The largest absolute Gasteiger partial charge is 0.413 e. The van der Waals surface area contributed by atoms with E-state index in [9.17, 15) is 14.4 Å². The minimum atomic E-state index is -2.04. The first-order chi connectivity index (χ1) is 14.5. The van der Waals surface area contributed by atoms with Gasteiger partial charge >= 0.3 is 6.09 Å². The molecule has 3 atom stereocenters. The van der Waals surface area contributed by atoms with Gasteiger partial charge in [-0.3, -0.25) is 9.59 Å². The van der Waals surface area contributed by atoms with Gasteiger partial charge in [0.2, 0.25) is 5.91 Å². The van der Waals surface area contributed by atoms with Crippen LogP contribution in [-0.2, 0) is 9.22 Å². The van der Waals surface area contributed by atoms with Crippen LogP contribution in [0.5, 0.6) is 5.75 Å². The molecule has 2 amide bonds. The Hall–Kier alpha value is -2.19. The molecule has 1 aliphatic heterocycles. The number of rotatable bonds is 7. The predicted octanol–water partition coefficient (Wildman–Crippen LogP) is 4.67. The van der Waals surface area contributed by atoms with E-state index in [-0.39, 0.29) is 41.2 Å². The molecule has 32 heavy (non-hydrogen) atoms. The van der Waals surface area contributed by atoms with Crippen LogP contribution in [0.1, 0.15) is 65.2 Å². The van der Waals surface area contributed by atoms with Gasteiger partial charge in [-0.2, -0.15) is 0 Å². The Labute approximate surface area is 192 Å². The third-order valence-electron chi connectivity index (χ3n) is 6.11. The molecule has 1 aliphatic rings. The van der Waals surface area contributed by atoms with Crippen molar-refractivity contribution in [2.75, 3.05) is 0 Å². The number of hydrogen-bond acceptors (Lipinski definition) is 5. The van der Waals surface area contributed by atoms with Gasteiger partial charge in [0.25, 0.3) is 0 Å².